The van der Waals surface area contributed by atoms with Crippen LogP contribution >= 0.6 is 0 Å². The zero-order valence-corrected chi connectivity index (χ0v) is 17.4. The summed E-state index contributed by atoms with van der Waals surface area (Å²) >= 11 is 0. The highest BCUT2D eigenvalue weighted by Gasteiger charge is 2.30. The maximum absolute atomic E-state index is 13.2. The Bertz CT molecular complexity index is 1330. The molecule has 0 radical (unpaired) electrons. The van der Waals surface area contributed by atoms with E-state index in [1.807, 2.05) is 31.2 Å². The Hall–Kier alpha value is -3.52. The first-order valence-electron chi connectivity index (χ1n) is 9.96. The molecule has 1 unspecified atom stereocenters. The van der Waals surface area contributed by atoms with Crippen molar-refractivity contribution in [2.45, 2.75) is 26.1 Å². The Balaban J connectivity index is 1.98. The topological polar surface area (TPSA) is 68.0 Å². The highest BCUT2D eigenvalue weighted by molar-refractivity contribution is 5.93. The predicted molar refractivity (Wildman–Crippen MR) is 116 cm³/mol. The molecule has 4 rings (SSSR count). The maximum atomic E-state index is 13.2. The summed E-state index contributed by atoms with van der Waals surface area (Å²) in [4.78, 5) is 22.3. The molecule has 0 aliphatic heterocycles. The molecular weight excluding hydrogens is 419 g/mol. The zero-order valence-electron chi connectivity index (χ0n) is 17.4. The Labute approximate surface area is 181 Å². The molecule has 2 aromatic carbocycles. The first-order valence-corrected chi connectivity index (χ1v) is 9.96. The molecule has 2 aromatic heterocycles. The lowest BCUT2D eigenvalue weighted by Gasteiger charge is -2.15. The van der Waals surface area contributed by atoms with Crippen LogP contribution in [0.4, 0.5) is 13.2 Å². The Kier molecular flexibility index (Phi) is 5.56. The third-order valence-corrected chi connectivity index (χ3v) is 5.34. The first kappa shape index (κ1) is 21.7. The van der Waals surface area contributed by atoms with Crippen molar-refractivity contribution >= 4 is 10.9 Å². The van der Waals surface area contributed by atoms with Gasteiger partial charge in [0.2, 0.25) is 0 Å². The van der Waals surface area contributed by atoms with Crippen LogP contribution < -0.4 is 5.56 Å². The molecule has 32 heavy (non-hydrogen) atoms. The van der Waals surface area contributed by atoms with Gasteiger partial charge in [0, 0.05) is 11.1 Å². The number of fused-ring (bicyclic) bond motifs is 1. The summed E-state index contributed by atoms with van der Waals surface area (Å²) in [6, 6.07) is 13.2. The molecule has 4 aromatic rings. The standard InChI is InChI=1S/C24H20F3N3O2/c1-14-3-5-17(6-4-14)21-22-19(23(32)30(13-28-22)15(2)12-31)11-20(29-21)16-7-9-18(10-8-16)24(25,26)27/h3-11,13,15,31H,12H2,1-2H3. The highest BCUT2D eigenvalue weighted by atomic mass is 19.4. The first-order chi connectivity index (χ1) is 15.2. The molecule has 0 saturated carbocycles. The number of rotatable bonds is 4. The van der Waals surface area contributed by atoms with Gasteiger partial charge in [-0.2, -0.15) is 13.2 Å². The van der Waals surface area contributed by atoms with Crippen molar-refractivity contribution in [1.29, 1.82) is 0 Å². The van der Waals surface area contributed by atoms with Crippen LogP contribution in [0.25, 0.3) is 33.4 Å². The largest absolute Gasteiger partial charge is 0.416 e. The average molecular weight is 439 g/mol. The summed E-state index contributed by atoms with van der Waals surface area (Å²) in [5.41, 5.74) is 2.29. The molecular formula is C24H20F3N3O2. The fraction of sp³-hybridized carbons (Fsp3) is 0.208. The Morgan fingerprint density at radius 1 is 1.03 bits per heavy atom. The number of hydrogen-bond donors (Lipinski definition) is 1. The van der Waals surface area contributed by atoms with Gasteiger partial charge in [-0.3, -0.25) is 9.36 Å². The second-order valence-electron chi connectivity index (χ2n) is 7.68. The van der Waals surface area contributed by atoms with Crippen LogP contribution in [0, 0.1) is 6.92 Å². The maximum Gasteiger partial charge on any atom is 0.416 e. The van der Waals surface area contributed by atoms with Gasteiger partial charge in [0.1, 0.15) is 5.52 Å². The third kappa shape index (κ3) is 4.01. The predicted octanol–water partition coefficient (Wildman–Crippen LogP) is 5.01. The van der Waals surface area contributed by atoms with Gasteiger partial charge in [0.05, 0.1) is 41.3 Å². The van der Waals surface area contributed by atoms with E-state index < -0.39 is 17.8 Å². The number of alkyl halides is 3. The average Bonchev–Trinajstić information content (AvgIpc) is 2.78. The molecule has 2 heterocycles. The molecule has 164 valence electrons. The van der Waals surface area contributed by atoms with Gasteiger partial charge in [-0.1, -0.05) is 42.0 Å². The molecule has 5 nitrogen and oxygen atoms in total. The highest BCUT2D eigenvalue weighted by Crippen LogP contribution is 2.32. The van der Waals surface area contributed by atoms with E-state index in [-0.39, 0.29) is 17.6 Å². The molecule has 0 bridgehead atoms. The van der Waals surface area contributed by atoms with Crippen molar-refractivity contribution in [2.24, 2.45) is 0 Å². The molecule has 0 spiro atoms. The molecule has 1 N–H and O–H groups in total. The molecule has 0 saturated heterocycles. The van der Waals surface area contributed by atoms with Crippen molar-refractivity contribution in [3.63, 3.8) is 0 Å². The van der Waals surface area contributed by atoms with Crippen LogP contribution in [0.15, 0.2) is 65.7 Å². The fourth-order valence-electron chi connectivity index (χ4n) is 3.44. The summed E-state index contributed by atoms with van der Waals surface area (Å²) in [7, 11) is 0. The lowest BCUT2D eigenvalue weighted by Crippen LogP contribution is -2.25. The van der Waals surface area contributed by atoms with E-state index >= 15 is 0 Å². The molecule has 0 amide bonds. The smallest absolute Gasteiger partial charge is 0.394 e. The molecule has 1 atom stereocenters. The Morgan fingerprint density at radius 2 is 1.66 bits per heavy atom. The van der Waals surface area contributed by atoms with Crippen LogP contribution in [-0.4, -0.2) is 26.2 Å². The van der Waals surface area contributed by atoms with Crippen LogP contribution in [0.2, 0.25) is 0 Å². The number of benzene rings is 2. The minimum atomic E-state index is -4.44. The van der Waals surface area contributed by atoms with E-state index in [0.29, 0.717) is 22.5 Å². The summed E-state index contributed by atoms with van der Waals surface area (Å²) in [5, 5.41) is 9.75. The van der Waals surface area contributed by atoms with Crippen LogP contribution in [-0.2, 0) is 6.18 Å². The number of aryl methyl sites for hydroxylation is 1. The van der Waals surface area contributed by atoms with Gasteiger partial charge in [-0.05, 0) is 32.0 Å². The van der Waals surface area contributed by atoms with Crippen molar-refractivity contribution in [2.75, 3.05) is 6.61 Å². The van der Waals surface area contributed by atoms with E-state index in [2.05, 4.69) is 9.97 Å². The van der Waals surface area contributed by atoms with Crippen molar-refractivity contribution in [3.8, 4) is 22.5 Å². The number of pyridine rings is 1. The van der Waals surface area contributed by atoms with Crippen molar-refractivity contribution in [3.05, 3.63) is 82.4 Å². The molecule has 0 aliphatic rings. The SMILES string of the molecule is Cc1ccc(-c2nc(-c3ccc(C(F)(F)F)cc3)cc3c(=O)n(C(C)CO)cnc23)cc1. The van der Waals surface area contributed by atoms with Gasteiger partial charge in [0.25, 0.3) is 5.56 Å². The fourth-order valence-corrected chi connectivity index (χ4v) is 3.44. The summed E-state index contributed by atoms with van der Waals surface area (Å²) in [5.74, 6) is 0. The van der Waals surface area contributed by atoms with Crippen LogP contribution in [0.3, 0.4) is 0 Å². The van der Waals surface area contributed by atoms with E-state index in [9.17, 15) is 23.1 Å². The molecule has 8 heteroatoms. The summed E-state index contributed by atoms with van der Waals surface area (Å²) in [6.45, 7) is 3.39. The number of hydrogen-bond acceptors (Lipinski definition) is 4. The minimum absolute atomic E-state index is 0.241. The van der Waals surface area contributed by atoms with Crippen LogP contribution in [0.5, 0.6) is 0 Å². The Morgan fingerprint density at radius 3 is 2.25 bits per heavy atom. The number of nitrogens with zero attached hydrogens (tertiary/aromatic N) is 3. The van der Waals surface area contributed by atoms with Crippen LogP contribution in [0.1, 0.15) is 24.1 Å². The van der Waals surface area contributed by atoms with Crippen molar-refractivity contribution in [1.82, 2.24) is 14.5 Å². The summed E-state index contributed by atoms with van der Waals surface area (Å²) < 4.78 is 40.2. The normalized spacial score (nSPS) is 12.8. The zero-order chi connectivity index (χ0) is 23.0. The molecule has 0 fully saturated rings. The van der Waals surface area contributed by atoms with Gasteiger partial charge in [-0.15, -0.1) is 0 Å². The number of aliphatic hydroxyl groups excluding tert-OH is 1. The van der Waals surface area contributed by atoms with E-state index in [0.717, 1.165) is 23.3 Å². The summed E-state index contributed by atoms with van der Waals surface area (Å²) in [6.07, 6.45) is -3.07. The lowest BCUT2D eigenvalue weighted by atomic mass is 10.0. The van der Waals surface area contributed by atoms with Crippen molar-refractivity contribution < 1.29 is 18.3 Å². The quantitative estimate of drug-likeness (QED) is 0.486. The van der Waals surface area contributed by atoms with Gasteiger partial charge >= 0.3 is 6.18 Å². The van der Waals surface area contributed by atoms with E-state index in [1.54, 1.807) is 6.92 Å². The number of aromatic nitrogens is 3. The van der Waals surface area contributed by atoms with E-state index in [4.69, 9.17) is 0 Å². The van der Waals surface area contributed by atoms with E-state index in [1.165, 1.54) is 29.1 Å². The third-order valence-electron chi connectivity index (χ3n) is 5.34. The monoisotopic (exact) mass is 439 g/mol. The van der Waals surface area contributed by atoms with Gasteiger partial charge in [-0.25, -0.2) is 9.97 Å². The van der Waals surface area contributed by atoms with Gasteiger partial charge in [0.15, 0.2) is 0 Å². The molecule has 0 aliphatic carbocycles. The lowest BCUT2D eigenvalue weighted by molar-refractivity contribution is -0.137. The second-order valence-corrected chi connectivity index (χ2v) is 7.68. The number of aliphatic hydroxyl groups is 1. The van der Waals surface area contributed by atoms with Gasteiger partial charge < -0.3 is 5.11 Å². The second kappa shape index (κ2) is 8.20. The minimum Gasteiger partial charge on any atom is -0.394 e. The number of halogens is 3.